The maximum Gasteiger partial charge on any atom is 0.416 e. The van der Waals surface area contributed by atoms with Crippen LogP contribution in [0.5, 0.6) is 0 Å². The van der Waals surface area contributed by atoms with Gasteiger partial charge in [-0.15, -0.1) is 0 Å². The zero-order valence-electron chi connectivity index (χ0n) is 18.7. The zero-order valence-corrected chi connectivity index (χ0v) is 18.7. The number of aryl methyl sites for hydroxylation is 1. The molecule has 1 atom stereocenters. The topological polar surface area (TPSA) is 71.4 Å². The van der Waals surface area contributed by atoms with Gasteiger partial charge in [0.1, 0.15) is 5.54 Å². The minimum atomic E-state index is -4.50. The third-order valence-electron chi connectivity index (χ3n) is 6.09. The molecular weight excluding hydrogens is 447 g/mol. The largest absolute Gasteiger partial charge is 0.416 e. The zero-order chi connectivity index (χ0) is 24.8. The molecule has 4 rings (SSSR count). The van der Waals surface area contributed by atoms with Crippen LogP contribution in [0.1, 0.15) is 39.8 Å². The molecule has 9 heteroatoms. The molecule has 0 bridgehead atoms. The third-order valence-corrected chi connectivity index (χ3v) is 6.09. The fourth-order valence-corrected chi connectivity index (χ4v) is 4.30. The number of ketones is 1. The Morgan fingerprint density at radius 1 is 1.00 bits per heavy atom. The molecule has 0 spiro atoms. The summed E-state index contributed by atoms with van der Waals surface area (Å²) in [6, 6.07) is 14.4. The molecule has 176 valence electrons. The number of halogens is 3. The number of Topliss-reactive ketones (excluding diaryl/α,β-unsaturated/α-hetero) is 1. The number of hydrogen-bond donors (Lipinski definition) is 1. The normalized spacial score (nSPS) is 18.4. The number of nitrogens with zero attached hydrogens (tertiary/aromatic N) is 2. The smallest absolute Gasteiger partial charge is 0.319 e. The quantitative estimate of drug-likeness (QED) is 0.433. The van der Waals surface area contributed by atoms with Gasteiger partial charge in [-0.3, -0.25) is 14.5 Å². The fraction of sp³-hybridized carbons (Fsp3) is 0.240. The van der Waals surface area contributed by atoms with Gasteiger partial charge in [-0.25, -0.2) is 4.79 Å². The number of amides is 3. The summed E-state index contributed by atoms with van der Waals surface area (Å²) in [5, 5.41) is 2.65. The van der Waals surface area contributed by atoms with E-state index < -0.39 is 41.5 Å². The molecule has 0 unspecified atom stereocenters. The van der Waals surface area contributed by atoms with E-state index in [2.05, 4.69) is 5.32 Å². The summed E-state index contributed by atoms with van der Waals surface area (Å²) in [4.78, 5) is 39.7. The monoisotopic (exact) mass is 469 g/mol. The Labute approximate surface area is 194 Å². The van der Waals surface area contributed by atoms with Gasteiger partial charge in [-0.2, -0.15) is 13.2 Å². The minimum absolute atomic E-state index is 0.226. The lowest BCUT2D eigenvalue weighted by atomic mass is 9.92. The second-order valence-corrected chi connectivity index (χ2v) is 8.40. The molecular formula is C25H22F3N3O3. The van der Waals surface area contributed by atoms with Crippen molar-refractivity contribution in [2.24, 2.45) is 0 Å². The summed E-state index contributed by atoms with van der Waals surface area (Å²) < 4.78 is 41.0. The molecule has 1 aliphatic heterocycles. The molecule has 3 aromatic rings. The van der Waals surface area contributed by atoms with Crippen LogP contribution in [0.3, 0.4) is 0 Å². The van der Waals surface area contributed by atoms with E-state index >= 15 is 0 Å². The van der Waals surface area contributed by atoms with Crippen LogP contribution in [0.25, 0.3) is 5.69 Å². The molecule has 1 saturated heterocycles. The van der Waals surface area contributed by atoms with Gasteiger partial charge in [0.25, 0.3) is 5.91 Å². The predicted molar refractivity (Wildman–Crippen MR) is 119 cm³/mol. The summed E-state index contributed by atoms with van der Waals surface area (Å²) in [7, 11) is 0. The van der Waals surface area contributed by atoms with Crippen LogP contribution in [-0.2, 0) is 16.5 Å². The van der Waals surface area contributed by atoms with Gasteiger partial charge >= 0.3 is 12.2 Å². The van der Waals surface area contributed by atoms with Gasteiger partial charge in [0.05, 0.1) is 12.1 Å². The molecule has 6 nitrogen and oxygen atoms in total. The van der Waals surface area contributed by atoms with E-state index in [1.807, 2.05) is 0 Å². The number of alkyl halides is 3. The highest BCUT2D eigenvalue weighted by Crippen LogP contribution is 2.32. The Balaban J connectivity index is 1.62. The summed E-state index contributed by atoms with van der Waals surface area (Å²) in [5.74, 6) is -1.05. The van der Waals surface area contributed by atoms with Crippen molar-refractivity contribution in [1.29, 1.82) is 0 Å². The molecule has 0 saturated carbocycles. The Morgan fingerprint density at radius 3 is 2.32 bits per heavy atom. The maximum absolute atomic E-state index is 13.2. The standard InChI is InChI=1S/C25H22F3N3O3/c1-15-12-20(16(2)31(15)19-11-7-10-18(13-19)25(26,27)28)21(32)14-30-22(33)24(3,29-23(30)34)17-8-5-4-6-9-17/h4-13H,14H2,1-3H3,(H,29,34)/t24-/m1/s1. The summed E-state index contributed by atoms with van der Waals surface area (Å²) in [5.41, 5.74) is -0.0606. The average Bonchev–Trinajstić information content (AvgIpc) is 3.21. The highest BCUT2D eigenvalue weighted by Gasteiger charge is 2.49. The van der Waals surface area contributed by atoms with Crippen molar-refractivity contribution in [2.45, 2.75) is 32.5 Å². The predicted octanol–water partition coefficient (Wildman–Crippen LogP) is 4.76. The van der Waals surface area contributed by atoms with E-state index in [1.54, 1.807) is 61.7 Å². The molecule has 1 N–H and O–H groups in total. The van der Waals surface area contributed by atoms with Gasteiger partial charge in [-0.1, -0.05) is 36.4 Å². The molecule has 2 aromatic carbocycles. The summed E-state index contributed by atoms with van der Waals surface area (Å²) in [6.45, 7) is 4.37. The van der Waals surface area contributed by atoms with Crippen molar-refractivity contribution in [3.8, 4) is 5.69 Å². The van der Waals surface area contributed by atoms with Gasteiger partial charge < -0.3 is 9.88 Å². The van der Waals surface area contributed by atoms with Crippen LogP contribution in [-0.4, -0.2) is 33.7 Å². The first-order valence-corrected chi connectivity index (χ1v) is 10.5. The molecule has 0 radical (unpaired) electrons. The number of imide groups is 1. The van der Waals surface area contributed by atoms with E-state index in [1.165, 1.54) is 12.1 Å². The molecule has 2 heterocycles. The second kappa shape index (κ2) is 8.16. The van der Waals surface area contributed by atoms with E-state index in [9.17, 15) is 27.6 Å². The van der Waals surface area contributed by atoms with Crippen LogP contribution in [0.2, 0.25) is 0 Å². The number of nitrogens with one attached hydrogen (secondary N) is 1. The Morgan fingerprint density at radius 2 is 1.68 bits per heavy atom. The molecule has 3 amide bonds. The first kappa shape index (κ1) is 23.3. The lowest BCUT2D eigenvalue weighted by Gasteiger charge is -2.22. The number of hydrogen-bond acceptors (Lipinski definition) is 3. The van der Waals surface area contributed by atoms with Crippen LogP contribution in [0.4, 0.5) is 18.0 Å². The third kappa shape index (κ3) is 3.87. The lowest BCUT2D eigenvalue weighted by molar-refractivity contribution is -0.137. The van der Waals surface area contributed by atoms with Crippen LogP contribution >= 0.6 is 0 Å². The molecule has 1 fully saturated rings. The van der Waals surface area contributed by atoms with Crippen molar-refractivity contribution in [2.75, 3.05) is 6.54 Å². The van der Waals surface area contributed by atoms with E-state index in [-0.39, 0.29) is 11.3 Å². The van der Waals surface area contributed by atoms with Crippen molar-refractivity contribution in [3.05, 3.63) is 88.7 Å². The second-order valence-electron chi connectivity index (χ2n) is 8.40. The van der Waals surface area contributed by atoms with E-state index in [0.29, 0.717) is 17.0 Å². The van der Waals surface area contributed by atoms with Crippen molar-refractivity contribution >= 4 is 17.7 Å². The number of urea groups is 1. The highest BCUT2D eigenvalue weighted by atomic mass is 19.4. The van der Waals surface area contributed by atoms with Gasteiger partial charge in [0, 0.05) is 22.6 Å². The molecule has 1 aliphatic rings. The van der Waals surface area contributed by atoms with Crippen molar-refractivity contribution < 1.29 is 27.6 Å². The minimum Gasteiger partial charge on any atom is -0.319 e. The van der Waals surface area contributed by atoms with E-state index in [4.69, 9.17) is 0 Å². The SMILES string of the molecule is Cc1cc(C(=O)CN2C(=O)N[C@](C)(c3ccccc3)C2=O)c(C)n1-c1cccc(C(F)(F)F)c1. The summed E-state index contributed by atoms with van der Waals surface area (Å²) >= 11 is 0. The van der Waals surface area contributed by atoms with Gasteiger partial charge in [0.2, 0.25) is 0 Å². The Hall–Kier alpha value is -3.88. The Kier molecular flexibility index (Phi) is 5.59. The lowest BCUT2D eigenvalue weighted by Crippen LogP contribution is -2.41. The molecule has 0 aliphatic carbocycles. The summed E-state index contributed by atoms with van der Waals surface area (Å²) in [6.07, 6.45) is -4.50. The van der Waals surface area contributed by atoms with Crippen molar-refractivity contribution in [1.82, 2.24) is 14.8 Å². The number of benzene rings is 2. The molecule has 1 aromatic heterocycles. The fourth-order valence-electron chi connectivity index (χ4n) is 4.30. The number of rotatable bonds is 5. The molecule has 34 heavy (non-hydrogen) atoms. The van der Waals surface area contributed by atoms with Gasteiger partial charge in [-0.05, 0) is 50.6 Å². The average molecular weight is 469 g/mol. The van der Waals surface area contributed by atoms with Crippen LogP contribution in [0.15, 0.2) is 60.7 Å². The number of carbonyl (C=O) groups excluding carboxylic acids is 3. The number of carbonyl (C=O) groups is 3. The first-order valence-electron chi connectivity index (χ1n) is 10.5. The van der Waals surface area contributed by atoms with Crippen LogP contribution < -0.4 is 5.32 Å². The first-order chi connectivity index (χ1) is 15.9. The highest BCUT2D eigenvalue weighted by molar-refractivity contribution is 6.11. The Bertz CT molecular complexity index is 1300. The number of aromatic nitrogens is 1. The van der Waals surface area contributed by atoms with Gasteiger partial charge in [0.15, 0.2) is 5.78 Å². The van der Waals surface area contributed by atoms with Crippen LogP contribution in [0, 0.1) is 13.8 Å². The van der Waals surface area contributed by atoms with Crippen molar-refractivity contribution in [3.63, 3.8) is 0 Å². The van der Waals surface area contributed by atoms with E-state index in [0.717, 1.165) is 17.0 Å². The maximum atomic E-state index is 13.2.